The van der Waals surface area contributed by atoms with Crippen molar-refractivity contribution in [2.75, 3.05) is 0 Å². The number of nitrogens with two attached hydrogens (primary N) is 2. The zero-order chi connectivity index (χ0) is 8.43. The molecule has 60 valence electrons. The van der Waals surface area contributed by atoms with Crippen LogP contribution in [0.5, 0.6) is 0 Å². The van der Waals surface area contributed by atoms with Crippen molar-refractivity contribution in [3.8, 4) is 0 Å². The number of nitrogens with zero attached hydrogens (tertiary/aromatic N) is 1. The second-order valence-electron chi connectivity index (χ2n) is 2.02. The summed E-state index contributed by atoms with van der Waals surface area (Å²) in [6, 6.07) is 0. The summed E-state index contributed by atoms with van der Waals surface area (Å²) in [5.41, 5.74) is 11.5. The number of hydrogen-bond acceptors (Lipinski definition) is 5. The van der Waals surface area contributed by atoms with Gasteiger partial charge in [0.2, 0.25) is 0 Å². The predicted octanol–water partition coefficient (Wildman–Crippen LogP) is -0.555. The normalized spacial score (nSPS) is 23.3. The molecule has 6 N–H and O–H groups in total. The third-order valence-corrected chi connectivity index (χ3v) is 1.71. The average molecular weight is 218 g/mol. The SMILES string of the molecule is N=C(Br)C1=C(N)N=CNC1N. The van der Waals surface area contributed by atoms with Crippen LogP contribution in [-0.4, -0.2) is 17.1 Å². The van der Waals surface area contributed by atoms with Crippen molar-refractivity contribution in [1.82, 2.24) is 5.32 Å². The van der Waals surface area contributed by atoms with E-state index >= 15 is 0 Å². The molecule has 6 heteroatoms. The van der Waals surface area contributed by atoms with Gasteiger partial charge in [-0.05, 0) is 15.9 Å². The van der Waals surface area contributed by atoms with Crippen LogP contribution >= 0.6 is 15.9 Å². The van der Waals surface area contributed by atoms with Gasteiger partial charge in [-0.15, -0.1) is 0 Å². The maximum Gasteiger partial charge on any atom is 0.134 e. The van der Waals surface area contributed by atoms with Gasteiger partial charge >= 0.3 is 0 Å². The molecule has 0 aromatic heterocycles. The minimum absolute atomic E-state index is 0.159. The lowest BCUT2D eigenvalue weighted by molar-refractivity contribution is 0.733. The van der Waals surface area contributed by atoms with Crippen molar-refractivity contribution in [3.05, 3.63) is 11.4 Å². The Balaban J connectivity index is 3.01. The van der Waals surface area contributed by atoms with E-state index in [1.165, 1.54) is 6.34 Å². The van der Waals surface area contributed by atoms with Gasteiger partial charge in [0.05, 0.1) is 11.9 Å². The number of rotatable bonds is 1. The first-order valence-electron chi connectivity index (χ1n) is 2.91. The molecule has 0 spiro atoms. The predicted molar refractivity (Wildman–Crippen MR) is 47.5 cm³/mol. The van der Waals surface area contributed by atoms with Crippen molar-refractivity contribution in [2.45, 2.75) is 6.17 Å². The van der Waals surface area contributed by atoms with Crippen molar-refractivity contribution in [3.63, 3.8) is 0 Å². The molecule has 0 fully saturated rings. The van der Waals surface area contributed by atoms with Crippen LogP contribution in [0.3, 0.4) is 0 Å². The maximum absolute atomic E-state index is 7.23. The Morgan fingerprint density at radius 2 is 2.45 bits per heavy atom. The zero-order valence-electron chi connectivity index (χ0n) is 5.63. The first-order valence-corrected chi connectivity index (χ1v) is 3.70. The van der Waals surface area contributed by atoms with Gasteiger partial charge in [0.1, 0.15) is 16.6 Å². The molecular weight excluding hydrogens is 210 g/mol. The summed E-state index contributed by atoms with van der Waals surface area (Å²) >= 11 is 2.97. The number of hydrogen-bond donors (Lipinski definition) is 4. The van der Waals surface area contributed by atoms with Gasteiger partial charge in [-0.3, -0.25) is 5.41 Å². The van der Waals surface area contributed by atoms with Crippen LogP contribution in [0.2, 0.25) is 0 Å². The van der Waals surface area contributed by atoms with E-state index in [0.717, 1.165) is 0 Å². The Morgan fingerprint density at radius 3 is 2.82 bits per heavy atom. The molecule has 1 aliphatic heterocycles. The van der Waals surface area contributed by atoms with E-state index in [4.69, 9.17) is 16.9 Å². The van der Waals surface area contributed by atoms with Crippen molar-refractivity contribution in [1.29, 1.82) is 5.41 Å². The van der Waals surface area contributed by atoms with Crippen LogP contribution in [0.4, 0.5) is 0 Å². The monoisotopic (exact) mass is 217 g/mol. The molecule has 0 bridgehead atoms. The largest absolute Gasteiger partial charge is 0.383 e. The first-order chi connectivity index (χ1) is 5.13. The lowest BCUT2D eigenvalue weighted by atomic mass is 10.2. The molecule has 1 heterocycles. The second kappa shape index (κ2) is 3.02. The topological polar surface area (TPSA) is 100 Å². The molecule has 1 rings (SSSR count). The minimum Gasteiger partial charge on any atom is -0.383 e. The average Bonchev–Trinajstić information content (AvgIpc) is 1.85. The quantitative estimate of drug-likeness (QED) is 0.444. The van der Waals surface area contributed by atoms with E-state index in [-0.39, 0.29) is 10.4 Å². The van der Waals surface area contributed by atoms with Gasteiger partial charge in [-0.25, -0.2) is 4.99 Å². The summed E-state index contributed by atoms with van der Waals surface area (Å²) in [7, 11) is 0. The van der Waals surface area contributed by atoms with Crippen LogP contribution in [0.25, 0.3) is 0 Å². The fourth-order valence-corrected chi connectivity index (χ4v) is 1.20. The van der Waals surface area contributed by atoms with Crippen LogP contribution in [0.1, 0.15) is 0 Å². The Morgan fingerprint density at radius 1 is 1.82 bits per heavy atom. The van der Waals surface area contributed by atoms with E-state index < -0.39 is 6.17 Å². The van der Waals surface area contributed by atoms with E-state index in [9.17, 15) is 0 Å². The minimum atomic E-state index is -0.445. The molecule has 0 amide bonds. The highest BCUT2D eigenvalue weighted by atomic mass is 79.9. The first kappa shape index (κ1) is 8.22. The summed E-state index contributed by atoms with van der Waals surface area (Å²) in [6.45, 7) is 0. The molecule has 0 aromatic carbocycles. The Kier molecular flexibility index (Phi) is 2.25. The highest BCUT2D eigenvalue weighted by Gasteiger charge is 2.17. The van der Waals surface area contributed by atoms with Crippen molar-refractivity contribution < 1.29 is 0 Å². The van der Waals surface area contributed by atoms with Gasteiger partial charge in [0.15, 0.2) is 0 Å². The number of aliphatic imine (C=N–C) groups is 1. The Bertz CT molecular complexity index is 243. The summed E-state index contributed by atoms with van der Waals surface area (Å²) in [5.74, 6) is 0.276. The van der Waals surface area contributed by atoms with Gasteiger partial charge in [-0.1, -0.05) is 0 Å². The standard InChI is InChI=1S/C5H8BrN5/c6-3(7)2-4(8)10-1-11-5(2)9/h1,4,7H,8-9H2,(H,10,11). The van der Waals surface area contributed by atoms with Gasteiger partial charge < -0.3 is 16.8 Å². The highest BCUT2D eigenvalue weighted by Crippen LogP contribution is 2.11. The third kappa shape index (κ3) is 1.58. The van der Waals surface area contributed by atoms with Crippen molar-refractivity contribution >= 4 is 26.9 Å². The van der Waals surface area contributed by atoms with E-state index in [2.05, 4.69) is 26.2 Å². The summed E-state index contributed by atoms with van der Waals surface area (Å²) in [6.07, 6.45) is 0.971. The lowest BCUT2D eigenvalue weighted by Crippen LogP contribution is -2.43. The maximum atomic E-state index is 7.23. The molecule has 0 saturated heterocycles. The van der Waals surface area contributed by atoms with Crippen LogP contribution in [0.15, 0.2) is 16.4 Å². The summed E-state index contributed by atoms with van der Waals surface area (Å²) in [4.78, 5) is 3.75. The Hall–Kier alpha value is -0.880. The molecule has 0 aliphatic carbocycles. The fourth-order valence-electron chi connectivity index (χ4n) is 0.748. The number of halogens is 1. The van der Waals surface area contributed by atoms with Gasteiger partial charge in [0.25, 0.3) is 0 Å². The smallest absolute Gasteiger partial charge is 0.134 e. The third-order valence-electron chi connectivity index (χ3n) is 1.28. The number of nitrogens with one attached hydrogen (secondary N) is 2. The molecule has 11 heavy (non-hydrogen) atoms. The van der Waals surface area contributed by atoms with Crippen LogP contribution < -0.4 is 16.8 Å². The van der Waals surface area contributed by atoms with Gasteiger partial charge in [-0.2, -0.15) is 0 Å². The molecule has 1 aliphatic rings. The molecule has 0 saturated carbocycles. The Labute approximate surface area is 72.2 Å². The molecular formula is C5H8BrN5. The highest BCUT2D eigenvalue weighted by molar-refractivity contribution is 9.18. The lowest BCUT2D eigenvalue weighted by Gasteiger charge is -2.18. The van der Waals surface area contributed by atoms with Crippen molar-refractivity contribution in [2.24, 2.45) is 16.5 Å². The second-order valence-corrected chi connectivity index (χ2v) is 2.81. The van der Waals surface area contributed by atoms with E-state index in [1.54, 1.807) is 0 Å². The van der Waals surface area contributed by atoms with E-state index in [0.29, 0.717) is 5.57 Å². The molecule has 1 unspecified atom stereocenters. The molecule has 0 radical (unpaired) electrons. The summed E-state index contributed by atoms with van der Waals surface area (Å²) < 4.78 is 0.159. The van der Waals surface area contributed by atoms with Crippen LogP contribution in [0, 0.1) is 5.41 Å². The summed E-state index contributed by atoms with van der Waals surface area (Å²) in [5, 5.41) is 9.96. The van der Waals surface area contributed by atoms with Crippen LogP contribution in [-0.2, 0) is 0 Å². The van der Waals surface area contributed by atoms with Gasteiger partial charge in [0, 0.05) is 0 Å². The molecule has 0 aromatic rings. The van der Waals surface area contributed by atoms with E-state index in [1.807, 2.05) is 0 Å². The molecule has 5 nitrogen and oxygen atoms in total. The fraction of sp³-hybridized carbons (Fsp3) is 0.200. The zero-order valence-corrected chi connectivity index (χ0v) is 7.22. The molecule has 1 atom stereocenters.